The average molecular weight is 298 g/mol. The monoisotopic (exact) mass is 298 g/mol. The Kier molecular flexibility index (Phi) is 6.68. The molecule has 4 heteroatoms. The molecule has 0 aromatic heterocycles. The summed E-state index contributed by atoms with van der Waals surface area (Å²) in [6, 6.07) is 0. The van der Waals surface area contributed by atoms with Gasteiger partial charge in [0.25, 0.3) is 0 Å². The number of nitrogens with zero attached hydrogens (tertiary/aromatic N) is 1. The zero-order valence-electron chi connectivity index (χ0n) is 13.9. The molecule has 1 saturated carbocycles. The third-order valence-corrected chi connectivity index (χ3v) is 4.40. The molecule has 4 nitrogen and oxygen atoms in total. The molecule has 2 bridgehead atoms. The standard InChI is InChI=1S/C17H32NO3/c1-18(2,3)6-7-19-8-9-20-10-11-21-14-17-13-15-4-5-16(17)12-15/h4-5,15-17H,6-14H2,1-3H3/q+1. The summed E-state index contributed by atoms with van der Waals surface area (Å²) in [5.41, 5.74) is 0. The summed E-state index contributed by atoms with van der Waals surface area (Å²) in [5.74, 6) is 2.37. The molecule has 2 aliphatic rings. The van der Waals surface area contributed by atoms with E-state index in [2.05, 4.69) is 33.3 Å². The van der Waals surface area contributed by atoms with Gasteiger partial charge in [0, 0.05) is 0 Å². The minimum Gasteiger partial charge on any atom is -0.379 e. The number of quaternary nitrogens is 1. The highest BCUT2D eigenvalue weighted by molar-refractivity contribution is 5.09. The number of ether oxygens (including phenoxy) is 3. The Morgan fingerprint density at radius 1 is 0.857 bits per heavy atom. The van der Waals surface area contributed by atoms with Crippen LogP contribution in [0.5, 0.6) is 0 Å². The molecule has 2 aliphatic carbocycles. The van der Waals surface area contributed by atoms with Gasteiger partial charge in [-0.15, -0.1) is 0 Å². The van der Waals surface area contributed by atoms with Gasteiger partial charge >= 0.3 is 0 Å². The number of allylic oxidation sites excluding steroid dienone is 2. The molecule has 0 amide bonds. The van der Waals surface area contributed by atoms with E-state index in [9.17, 15) is 0 Å². The zero-order chi connectivity index (χ0) is 15.1. The number of hydrogen-bond donors (Lipinski definition) is 0. The Hall–Kier alpha value is -0.420. The van der Waals surface area contributed by atoms with Crippen molar-refractivity contribution in [3.63, 3.8) is 0 Å². The van der Waals surface area contributed by atoms with Gasteiger partial charge in [-0.2, -0.15) is 0 Å². The van der Waals surface area contributed by atoms with Gasteiger partial charge in [0.15, 0.2) is 0 Å². The molecule has 0 spiro atoms. The fourth-order valence-corrected chi connectivity index (χ4v) is 3.10. The summed E-state index contributed by atoms with van der Waals surface area (Å²) in [6.07, 6.45) is 7.44. The summed E-state index contributed by atoms with van der Waals surface area (Å²) < 4.78 is 17.7. The highest BCUT2D eigenvalue weighted by Gasteiger charge is 2.35. The van der Waals surface area contributed by atoms with Crippen LogP contribution in [-0.2, 0) is 14.2 Å². The topological polar surface area (TPSA) is 27.7 Å². The molecule has 3 unspecified atom stereocenters. The van der Waals surface area contributed by atoms with E-state index in [0.29, 0.717) is 26.4 Å². The normalized spacial score (nSPS) is 27.7. The van der Waals surface area contributed by atoms with Gasteiger partial charge in [-0.3, -0.25) is 0 Å². The van der Waals surface area contributed by atoms with Crippen molar-refractivity contribution in [1.29, 1.82) is 0 Å². The SMILES string of the molecule is C[N+](C)(C)CCOCCOCCOCC1CC2C=CC1C2. The predicted octanol–water partition coefficient (Wildman–Crippen LogP) is 1.95. The highest BCUT2D eigenvalue weighted by atomic mass is 16.5. The second-order valence-electron chi connectivity index (χ2n) is 7.35. The average Bonchev–Trinajstić information content (AvgIpc) is 3.02. The predicted molar refractivity (Wildman–Crippen MR) is 84.2 cm³/mol. The van der Waals surface area contributed by atoms with Crippen LogP contribution in [0.2, 0.25) is 0 Å². The largest absolute Gasteiger partial charge is 0.379 e. The second-order valence-corrected chi connectivity index (χ2v) is 7.35. The van der Waals surface area contributed by atoms with Crippen molar-refractivity contribution in [2.24, 2.45) is 17.8 Å². The van der Waals surface area contributed by atoms with E-state index in [-0.39, 0.29) is 0 Å². The van der Waals surface area contributed by atoms with Gasteiger partial charge in [0.1, 0.15) is 6.54 Å². The van der Waals surface area contributed by atoms with Crippen LogP contribution in [0.15, 0.2) is 12.2 Å². The molecule has 3 atom stereocenters. The maximum atomic E-state index is 5.74. The van der Waals surface area contributed by atoms with Crippen LogP contribution in [0.4, 0.5) is 0 Å². The smallest absolute Gasteiger partial charge is 0.102 e. The van der Waals surface area contributed by atoms with Gasteiger partial charge < -0.3 is 18.7 Å². The molecule has 0 N–H and O–H groups in total. The van der Waals surface area contributed by atoms with Crippen LogP contribution in [0.25, 0.3) is 0 Å². The van der Waals surface area contributed by atoms with Crippen molar-refractivity contribution in [3.05, 3.63) is 12.2 Å². The van der Waals surface area contributed by atoms with Crippen molar-refractivity contribution in [1.82, 2.24) is 0 Å². The lowest BCUT2D eigenvalue weighted by Gasteiger charge is -2.23. The molecule has 2 rings (SSSR count). The van der Waals surface area contributed by atoms with Crippen molar-refractivity contribution >= 4 is 0 Å². The van der Waals surface area contributed by atoms with Crippen molar-refractivity contribution < 1.29 is 18.7 Å². The van der Waals surface area contributed by atoms with Gasteiger partial charge in [-0.25, -0.2) is 0 Å². The fraction of sp³-hybridized carbons (Fsp3) is 0.882. The number of likely N-dealkylation sites (N-methyl/N-ethyl adjacent to an activating group) is 1. The Balaban J connectivity index is 1.34. The Morgan fingerprint density at radius 2 is 1.52 bits per heavy atom. The molecule has 0 saturated heterocycles. The summed E-state index contributed by atoms with van der Waals surface area (Å²) >= 11 is 0. The number of fused-ring (bicyclic) bond motifs is 2. The van der Waals surface area contributed by atoms with E-state index in [1.807, 2.05) is 0 Å². The first-order valence-electron chi connectivity index (χ1n) is 8.26. The molecule has 0 aromatic rings. The summed E-state index contributed by atoms with van der Waals surface area (Å²) in [5, 5.41) is 0. The first-order valence-corrected chi connectivity index (χ1v) is 8.26. The molecule has 1 fully saturated rings. The third-order valence-electron chi connectivity index (χ3n) is 4.40. The maximum absolute atomic E-state index is 5.74. The number of hydrogen-bond acceptors (Lipinski definition) is 3. The molecule has 0 aliphatic heterocycles. The molecule has 21 heavy (non-hydrogen) atoms. The van der Waals surface area contributed by atoms with Gasteiger partial charge in [0.2, 0.25) is 0 Å². The Morgan fingerprint density at radius 3 is 2.10 bits per heavy atom. The van der Waals surface area contributed by atoms with Gasteiger partial charge in [-0.05, 0) is 30.6 Å². The van der Waals surface area contributed by atoms with E-state index in [1.54, 1.807) is 0 Å². The summed E-state index contributed by atoms with van der Waals surface area (Å²) in [7, 11) is 6.51. The first-order chi connectivity index (χ1) is 10.0. The molecule has 0 radical (unpaired) electrons. The molecule has 0 aromatic carbocycles. The van der Waals surface area contributed by atoms with Crippen LogP contribution < -0.4 is 0 Å². The van der Waals surface area contributed by atoms with Crippen LogP contribution in [0, 0.1) is 17.8 Å². The quantitative estimate of drug-likeness (QED) is 0.331. The van der Waals surface area contributed by atoms with Crippen LogP contribution in [0.1, 0.15) is 12.8 Å². The van der Waals surface area contributed by atoms with E-state index in [0.717, 1.165) is 42.0 Å². The van der Waals surface area contributed by atoms with Gasteiger partial charge in [0.05, 0.1) is 60.8 Å². The number of rotatable bonds is 11. The molecular formula is C17H32NO3+. The maximum Gasteiger partial charge on any atom is 0.102 e. The first kappa shape index (κ1) is 16.9. The van der Waals surface area contributed by atoms with E-state index in [4.69, 9.17) is 14.2 Å². The lowest BCUT2D eigenvalue weighted by Crippen LogP contribution is -2.37. The second kappa shape index (κ2) is 8.28. The lowest BCUT2D eigenvalue weighted by atomic mass is 9.95. The van der Waals surface area contributed by atoms with Crippen molar-refractivity contribution in [2.45, 2.75) is 12.8 Å². The Bertz CT molecular complexity index is 324. The van der Waals surface area contributed by atoms with E-state index in [1.165, 1.54) is 12.8 Å². The van der Waals surface area contributed by atoms with Gasteiger partial charge in [-0.1, -0.05) is 12.2 Å². The Labute approximate surface area is 129 Å². The van der Waals surface area contributed by atoms with Crippen molar-refractivity contribution in [3.8, 4) is 0 Å². The minimum absolute atomic E-state index is 0.664. The van der Waals surface area contributed by atoms with E-state index < -0.39 is 0 Å². The van der Waals surface area contributed by atoms with Crippen LogP contribution >= 0.6 is 0 Å². The van der Waals surface area contributed by atoms with E-state index >= 15 is 0 Å². The van der Waals surface area contributed by atoms with Crippen LogP contribution in [0.3, 0.4) is 0 Å². The zero-order valence-corrected chi connectivity index (χ0v) is 13.9. The fourth-order valence-electron chi connectivity index (χ4n) is 3.10. The highest BCUT2D eigenvalue weighted by Crippen LogP contribution is 2.43. The molecule has 0 heterocycles. The summed E-state index contributed by atoms with van der Waals surface area (Å²) in [4.78, 5) is 0. The summed E-state index contributed by atoms with van der Waals surface area (Å²) in [6.45, 7) is 5.44. The molecular weight excluding hydrogens is 266 g/mol. The van der Waals surface area contributed by atoms with Crippen LogP contribution in [-0.4, -0.2) is 71.8 Å². The third kappa shape index (κ3) is 6.47. The minimum atomic E-state index is 0.664. The lowest BCUT2D eigenvalue weighted by molar-refractivity contribution is -0.870. The van der Waals surface area contributed by atoms with Crippen molar-refractivity contribution in [2.75, 3.05) is 67.3 Å². The molecule has 122 valence electrons.